The van der Waals surface area contributed by atoms with Crippen LogP contribution in [0, 0.1) is 5.92 Å². The van der Waals surface area contributed by atoms with Crippen molar-refractivity contribution < 1.29 is 18.0 Å². The third-order valence-corrected chi connectivity index (χ3v) is 5.05. The normalized spacial score (nSPS) is 29.4. The largest absolute Gasteiger partial charge is 0.417 e. The van der Waals surface area contributed by atoms with Crippen molar-refractivity contribution in [1.82, 2.24) is 9.88 Å². The van der Waals surface area contributed by atoms with Gasteiger partial charge < -0.3 is 4.90 Å². The number of carbonyl (C=O) groups excluding carboxylic acids is 1. The van der Waals surface area contributed by atoms with Crippen LogP contribution in [0.5, 0.6) is 0 Å². The highest BCUT2D eigenvalue weighted by Gasteiger charge is 2.39. The van der Waals surface area contributed by atoms with Crippen molar-refractivity contribution in [2.75, 3.05) is 7.05 Å². The molecule has 0 aliphatic carbocycles. The number of piperidine rings is 2. The smallest absolute Gasteiger partial charge is 0.300 e. The molecule has 2 atom stereocenters. The lowest BCUT2D eigenvalue weighted by Crippen LogP contribution is -2.51. The molecule has 0 spiro atoms. The van der Waals surface area contributed by atoms with E-state index >= 15 is 0 Å². The summed E-state index contributed by atoms with van der Waals surface area (Å²) in [6, 6.07) is 2.97. The number of rotatable bonds is 2. The summed E-state index contributed by atoms with van der Waals surface area (Å²) in [6.07, 6.45) is 1.29. The SMILES string of the molecule is CN1C2CCCC1CC(C(=O)c1ccc(C(F)(F)F)cn1)C2. The number of pyridine rings is 1. The maximum absolute atomic E-state index is 12.5. The first kappa shape index (κ1) is 15.5. The molecule has 2 aliphatic rings. The molecule has 2 fully saturated rings. The van der Waals surface area contributed by atoms with E-state index in [2.05, 4.69) is 16.9 Å². The van der Waals surface area contributed by atoms with E-state index in [1.54, 1.807) is 0 Å². The van der Waals surface area contributed by atoms with Crippen molar-refractivity contribution in [2.24, 2.45) is 5.92 Å². The van der Waals surface area contributed by atoms with Gasteiger partial charge in [-0.05, 0) is 44.9 Å². The first-order valence-electron chi connectivity index (χ1n) is 7.65. The fourth-order valence-corrected chi connectivity index (χ4v) is 3.75. The Balaban J connectivity index is 1.74. The highest BCUT2D eigenvalue weighted by atomic mass is 19.4. The second-order valence-electron chi connectivity index (χ2n) is 6.37. The van der Waals surface area contributed by atoms with E-state index in [9.17, 15) is 18.0 Å². The Morgan fingerprint density at radius 3 is 2.36 bits per heavy atom. The predicted molar refractivity (Wildman–Crippen MR) is 75.5 cm³/mol. The molecule has 3 heterocycles. The summed E-state index contributed by atoms with van der Waals surface area (Å²) in [6.45, 7) is 0. The average molecular weight is 312 g/mol. The lowest BCUT2D eigenvalue weighted by atomic mass is 9.76. The molecule has 120 valence electrons. The summed E-state index contributed by atoms with van der Waals surface area (Å²) < 4.78 is 37.6. The van der Waals surface area contributed by atoms with Crippen molar-refractivity contribution in [2.45, 2.75) is 50.4 Å². The van der Waals surface area contributed by atoms with Crippen LogP contribution < -0.4 is 0 Å². The molecule has 0 radical (unpaired) electrons. The minimum Gasteiger partial charge on any atom is -0.300 e. The number of ketones is 1. The van der Waals surface area contributed by atoms with Gasteiger partial charge in [-0.1, -0.05) is 6.42 Å². The summed E-state index contributed by atoms with van der Waals surface area (Å²) in [5.74, 6) is -0.227. The second-order valence-corrected chi connectivity index (χ2v) is 6.37. The van der Waals surface area contributed by atoms with Gasteiger partial charge in [-0.3, -0.25) is 9.78 Å². The standard InChI is InChI=1S/C16H19F3N2O/c1-21-12-3-2-4-13(21)8-10(7-12)15(22)14-6-5-11(9-20-14)16(17,18)19/h5-6,9-10,12-13H,2-4,7-8H2,1H3. The zero-order valence-corrected chi connectivity index (χ0v) is 12.4. The van der Waals surface area contributed by atoms with Gasteiger partial charge in [0.05, 0.1) is 5.56 Å². The molecule has 0 aromatic carbocycles. The topological polar surface area (TPSA) is 33.2 Å². The molecule has 0 amide bonds. The Kier molecular flexibility index (Phi) is 3.97. The lowest BCUT2D eigenvalue weighted by molar-refractivity contribution is -0.137. The molecule has 2 bridgehead atoms. The number of nitrogens with zero attached hydrogens (tertiary/aromatic N) is 2. The predicted octanol–water partition coefficient (Wildman–Crippen LogP) is 3.55. The number of carbonyl (C=O) groups is 1. The van der Waals surface area contributed by atoms with Crippen LogP contribution >= 0.6 is 0 Å². The molecule has 0 saturated carbocycles. The van der Waals surface area contributed by atoms with E-state index in [-0.39, 0.29) is 17.4 Å². The monoisotopic (exact) mass is 312 g/mol. The van der Waals surface area contributed by atoms with Crippen molar-refractivity contribution in [3.05, 3.63) is 29.6 Å². The Hall–Kier alpha value is -1.43. The van der Waals surface area contributed by atoms with Gasteiger partial charge in [0.25, 0.3) is 0 Å². The number of hydrogen-bond acceptors (Lipinski definition) is 3. The highest BCUT2D eigenvalue weighted by Crippen LogP contribution is 2.37. The zero-order chi connectivity index (χ0) is 15.9. The summed E-state index contributed by atoms with van der Waals surface area (Å²) in [4.78, 5) is 18.6. The molecule has 0 N–H and O–H groups in total. The van der Waals surface area contributed by atoms with E-state index < -0.39 is 11.7 Å². The molecular weight excluding hydrogens is 293 g/mol. The molecule has 3 rings (SSSR count). The van der Waals surface area contributed by atoms with Gasteiger partial charge in [-0.25, -0.2) is 0 Å². The van der Waals surface area contributed by atoms with Crippen LogP contribution in [0.3, 0.4) is 0 Å². The molecule has 2 aliphatic heterocycles. The second kappa shape index (κ2) is 5.65. The molecule has 2 unspecified atom stereocenters. The van der Waals surface area contributed by atoms with Crippen molar-refractivity contribution in [1.29, 1.82) is 0 Å². The molecule has 6 heteroatoms. The number of alkyl halides is 3. The van der Waals surface area contributed by atoms with Crippen molar-refractivity contribution in [3.8, 4) is 0 Å². The van der Waals surface area contributed by atoms with Crippen LogP contribution in [-0.4, -0.2) is 34.8 Å². The van der Waals surface area contributed by atoms with Gasteiger partial charge in [0, 0.05) is 24.2 Å². The molecule has 1 aromatic heterocycles. The van der Waals surface area contributed by atoms with Crippen LogP contribution in [0.2, 0.25) is 0 Å². The first-order valence-corrected chi connectivity index (χ1v) is 7.65. The average Bonchev–Trinajstić information content (AvgIpc) is 2.45. The van der Waals surface area contributed by atoms with Crippen LogP contribution in [0.1, 0.15) is 48.2 Å². The number of halogens is 3. The molecule has 3 nitrogen and oxygen atoms in total. The number of hydrogen-bond donors (Lipinski definition) is 0. The summed E-state index contributed by atoms with van der Waals surface area (Å²) in [7, 11) is 2.10. The summed E-state index contributed by atoms with van der Waals surface area (Å²) in [5.41, 5.74) is -0.662. The Labute approximate surface area is 127 Å². The van der Waals surface area contributed by atoms with Crippen molar-refractivity contribution in [3.63, 3.8) is 0 Å². The Morgan fingerprint density at radius 1 is 1.23 bits per heavy atom. The van der Waals surface area contributed by atoms with Crippen LogP contribution in [0.15, 0.2) is 18.3 Å². The third-order valence-electron chi connectivity index (χ3n) is 5.05. The molecule has 2 saturated heterocycles. The fourth-order valence-electron chi connectivity index (χ4n) is 3.75. The van der Waals surface area contributed by atoms with Crippen LogP contribution in [0.4, 0.5) is 13.2 Å². The van der Waals surface area contributed by atoms with Gasteiger partial charge in [0.1, 0.15) is 5.69 Å². The Bertz CT molecular complexity index is 542. The van der Waals surface area contributed by atoms with E-state index in [4.69, 9.17) is 0 Å². The Morgan fingerprint density at radius 2 is 1.86 bits per heavy atom. The van der Waals surface area contributed by atoms with Gasteiger partial charge >= 0.3 is 6.18 Å². The number of aromatic nitrogens is 1. The molecular formula is C16H19F3N2O. The molecule has 22 heavy (non-hydrogen) atoms. The van der Waals surface area contributed by atoms with Gasteiger partial charge in [0.15, 0.2) is 5.78 Å². The lowest BCUT2D eigenvalue weighted by Gasteiger charge is -2.46. The first-order chi connectivity index (χ1) is 10.4. The third kappa shape index (κ3) is 2.89. The van der Waals surface area contributed by atoms with E-state index in [0.717, 1.165) is 37.9 Å². The summed E-state index contributed by atoms with van der Waals surface area (Å²) >= 11 is 0. The van der Waals surface area contributed by atoms with E-state index in [1.807, 2.05) is 0 Å². The summed E-state index contributed by atoms with van der Waals surface area (Å²) in [5, 5.41) is 0. The quantitative estimate of drug-likeness (QED) is 0.783. The van der Waals surface area contributed by atoms with Gasteiger partial charge in [0.2, 0.25) is 0 Å². The molecule has 1 aromatic rings. The van der Waals surface area contributed by atoms with Crippen LogP contribution in [-0.2, 0) is 6.18 Å². The van der Waals surface area contributed by atoms with E-state index in [0.29, 0.717) is 12.1 Å². The van der Waals surface area contributed by atoms with Gasteiger partial charge in [-0.2, -0.15) is 13.2 Å². The minimum absolute atomic E-state index is 0.112. The number of fused-ring (bicyclic) bond motifs is 2. The fraction of sp³-hybridized carbons (Fsp3) is 0.625. The minimum atomic E-state index is -4.42. The maximum atomic E-state index is 12.5. The van der Waals surface area contributed by atoms with Crippen LogP contribution in [0.25, 0.3) is 0 Å². The van der Waals surface area contributed by atoms with Crippen molar-refractivity contribution >= 4 is 5.78 Å². The van der Waals surface area contributed by atoms with E-state index in [1.165, 1.54) is 12.5 Å². The number of Topliss-reactive ketones (excluding diaryl/α,β-unsaturated/α-hetero) is 1. The highest BCUT2D eigenvalue weighted by molar-refractivity contribution is 5.96. The maximum Gasteiger partial charge on any atom is 0.417 e. The van der Waals surface area contributed by atoms with Gasteiger partial charge in [-0.15, -0.1) is 0 Å². The zero-order valence-electron chi connectivity index (χ0n) is 12.4.